The molecule has 0 radical (unpaired) electrons. The SMILES string of the molecule is COc1cc(F)c(N2CC(S(N)(=O)=O)CC2=O)c(F)c1. The molecule has 0 bridgehead atoms. The summed E-state index contributed by atoms with van der Waals surface area (Å²) in [5.74, 6) is -2.76. The van der Waals surface area contributed by atoms with Gasteiger partial charge in [0, 0.05) is 25.1 Å². The Morgan fingerprint density at radius 2 is 1.90 bits per heavy atom. The molecule has 2 rings (SSSR count). The molecule has 110 valence electrons. The van der Waals surface area contributed by atoms with Crippen molar-refractivity contribution in [3.63, 3.8) is 0 Å². The van der Waals surface area contributed by atoms with E-state index in [-0.39, 0.29) is 12.3 Å². The lowest BCUT2D eigenvalue weighted by atomic mass is 10.2. The van der Waals surface area contributed by atoms with Crippen LogP contribution < -0.4 is 14.8 Å². The number of primary sulfonamides is 1. The van der Waals surface area contributed by atoms with Gasteiger partial charge in [-0.2, -0.15) is 0 Å². The van der Waals surface area contributed by atoms with Crippen LogP contribution >= 0.6 is 0 Å². The predicted octanol–water partition coefficient (Wildman–Crippen LogP) is 0.367. The van der Waals surface area contributed by atoms with Crippen LogP contribution in [-0.2, 0) is 14.8 Å². The first-order chi connectivity index (χ1) is 9.24. The maximum atomic E-state index is 13.9. The van der Waals surface area contributed by atoms with Crippen molar-refractivity contribution in [2.75, 3.05) is 18.6 Å². The highest BCUT2D eigenvalue weighted by molar-refractivity contribution is 7.89. The summed E-state index contributed by atoms with van der Waals surface area (Å²) in [6.45, 7) is -0.377. The number of benzene rings is 1. The molecule has 20 heavy (non-hydrogen) atoms. The number of hydrogen-bond acceptors (Lipinski definition) is 4. The Labute approximate surface area is 114 Å². The Bertz CT molecular complexity index is 639. The molecule has 1 aliphatic rings. The average Bonchev–Trinajstić information content (AvgIpc) is 2.70. The summed E-state index contributed by atoms with van der Waals surface area (Å²) >= 11 is 0. The molecule has 0 spiro atoms. The minimum atomic E-state index is -3.95. The van der Waals surface area contributed by atoms with E-state index in [0.717, 1.165) is 17.0 Å². The van der Waals surface area contributed by atoms with Gasteiger partial charge in [0.15, 0.2) is 11.6 Å². The maximum absolute atomic E-state index is 13.9. The van der Waals surface area contributed by atoms with Crippen LogP contribution in [-0.4, -0.2) is 33.2 Å². The third-order valence-electron chi connectivity index (χ3n) is 3.05. The molecule has 1 unspecified atom stereocenters. The number of nitrogens with two attached hydrogens (primary N) is 1. The number of carbonyl (C=O) groups is 1. The average molecular weight is 306 g/mol. The van der Waals surface area contributed by atoms with E-state index in [2.05, 4.69) is 0 Å². The highest BCUT2D eigenvalue weighted by atomic mass is 32.2. The summed E-state index contributed by atoms with van der Waals surface area (Å²) in [4.78, 5) is 12.5. The highest BCUT2D eigenvalue weighted by Crippen LogP contribution is 2.32. The maximum Gasteiger partial charge on any atom is 0.228 e. The number of hydrogen-bond donors (Lipinski definition) is 1. The second kappa shape index (κ2) is 4.98. The molecule has 1 aromatic rings. The number of anilines is 1. The van der Waals surface area contributed by atoms with Crippen LogP contribution in [0, 0.1) is 11.6 Å². The first-order valence-corrected chi connectivity index (χ1v) is 7.20. The van der Waals surface area contributed by atoms with E-state index in [1.165, 1.54) is 7.11 Å². The van der Waals surface area contributed by atoms with Crippen molar-refractivity contribution in [2.24, 2.45) is 5.14 Å². The van der Waals surface area contributed by atoms with Crippen molar-refractivity contribution in [1.29, 1.82) is 0 Å². The van der Waals surface area contributed by atoms with Gasteiger partial charge in [-0.1, -0.05) is 0 Å². The molecule has 1 saturated heterocycles. The Morgan fingerprint density at radius 3 is 2.30 bits per heavy atom. The molecule has 1 atom stereocenters. The lowest BCUT2D eigenvalue weighted by Crippen LogP contribution is -2.32. The summed E-state index contributed by atoms with van der Waals surface area (Å²) < 4.78 is 54.8. The second-order valence-corrected chi connectivity index (χ2v) is 6.20. The smallest absolute Gasteiger partial charge is 0.228 e. The van der Waals surface area contributed by atoms with E-state index in [0.29, 0.717) is 0 Å². The van der Waals surface area contributed by atoms with E-state index in [1.54, 1.807) is 0 Å². The van der Waals surface area contributed by atoms with Gasteiger partial charge in [0.25, 0.3) is 0 Å². The van der Waals surface area contributed by atoms with Gasteiger partial charge in [-0.15, -0.1) is 0 Å². The van der Waals surface area contributed by atoms with Crippen LogP contribution in [0.2, 0.25) is 0 Å². The Kier molecular flexibility index (Phi) is 3.65. The molecule has 1 amide bonds. The van der Waals surface area contributed by atoms with Gasteiger partial charge < -0.3 is 9.64 Å². The van der Waals surface area contributed by atoms with E-state index >= 15 is 0 Å². The number of halogens is 2. The normalized spacial score (nSPS) is 19.5. The lowest BCUT2D eigenvalue weighted by Gasteiger charge is -2.18. The van der Waals surface area contributed by atoms with Gasteiger partial charge in [0.1, 0.15) is 16.7 Å². The number of sulfonamides is 1. The molecule has 0 aliphatic carbocycles. The monoisotopic (exact) mass is 306 g/mol. The molecule has 0 saturated carbocycles. The quantitative estimate of drug-likeness (QED) is 0.873. The van der Waals surface area contributed by atoms with Gasteiger partial charge in [-0.05, 0) is 0 Å². The van der Waals surface area contributed by atoms with Gasteiger partial charge in [-0.3, -0.25) is 4.79 Å². The third-order valence-corrected chi connectivity index (χ3v) is 4.30. The van der Waals surface area contributed by atoms with Crippen molar-refractivity contribution in [3.8, 4) is 5.75 Å². The number of carbonyl (C=O) groups excluding carboxylic acids is 1. The van der Waals surface area contributed by atoms with Crippen molar-refractivity contribution in [3.05, 3.63) is 23.8 Å². The molecule has 1 aromatic carbocycles. The first kappa shape index (κ1) is 14.7. The van der Waals surface area contributed by atoms with E-state index in [4.69, 9.17) is 9.88 Å². The van der Waals surface area contributed by atoms with E-state index in [1.807, 2.05) is 0 Å². The molecule has 1 heterocycles. The molecule has 1 fully saturated rings. The third kappa shape index (κ3) is 2.59. The van der Waals surface area contributed by atoms with Crippen LogP contribution in [0.1, 0.15) is 6.42 Å². The molecule has 6 nitrogen and oxygen atoms in total. The van der Waals surface area contributed by atoms with Gasteiger partial charge in [0.05, 0.1) is 7.11 Å². The van der Waals surface area contributed by atoms with Crippen LogP contribution in [0.15, 0.2) is 12.1 Å². The second-order valence-electron chi connectivity index (χ2n) is 4.36. The van der Waals surface area contributed by atoms with Gasteiger partial charge in [-0.25, -0.2) is 22.3 Å². The standard InChI is InChI=1S/C11H12F2N2O4S/c1-19-6-2-8(12)11(9(13)3-6)15-5-7(4-10(15)16)20(14,17)18/h2-3,7H,4-5H2,1H3,(H2,14,17,18). The van der Waals surface area contributed by atoms with E-state index < -0.39 is 44.9 Å². The topological polar surface area (TPSA) is 89.7 Å². The summed E-state index contributed by atoms with van der Waals surface area (Å²) in [7, 11) is -2.71. The Morgan fingerprint density at radius 1 is 1.35 bits per heavy atom. The zero-order valence-electron chi connectivity index (χ0n) is 10.5. The zero-order valence-corrected chi connectivity index (χ0v) is 11.3. The van der Waals surface area contributed by atoms with Crippen molar-refractivity contribution in [1.82, 2.24) is 0 Å². The van der Waals surface area contributed by atoms with Gasteiger partial charge in [0.2, 0.25) is 15.9 Å². The largest absolute Gasteiger partial charge is 0.497 e. The fraction of sp³-hybridized carbons (Fsp3) is 0.364. The van der Waals surface area contributed by atoms with Crippen LogP contribution in [0.4, 0.5) is 14.5 Å². The lowest BCUT2D eigenvalue weighted by molar-refractivity contribution is -0.117. The first-order valence-electron chi connectivity index (χ1n) is 5.59. The fourth-order valence-corrected chi connectivity index (χ4v) is 2.76. The number of rotatable bonds is 3. The molecule has 2 N–H and O–H groups in total. The minimum absolute atomic E-state index is 0.0432. The summed E-state index contributed by atoms with van der Waals surface area (Å²) in [6, 6.07) is 1.83. The molecular weight excluding hydrogens is 294 g/mol. The predicted molar refractivity (Wildman–Crippen MR) is 66.8 cm³/mol. The van der Waals surface area contributed by atoms with Crippen molar-refractivity contribution >= 4 is 21.6 Å². The number of ether oxygens (including phenoxy) is 1. The summed E-state index contributed by atoms with van der Waals surface area (Å²) in [5.41, 5.74) is -0.595. The summed E-state index contributed by atoms with van der Waals surface area (Å²) in [6.07, 6.45) is -0.399. The van der Waals surface area contributed by atoms with E-state index in [9.17, 15) is 22.0 Å². The number of methoxy groups -OCH3 is 1. The van der Waals surface area contributed by atoms with Gasteiger partial charge >= 0.3 is 0 Å². The molecule has 9 heteroatoms. The van der Waals surface area contributed by atoms with Crippen molar-refractivity contribution in [2.45, 2.75) is 11.7 Å². The highest BCUT2D eigenvalue weighted by Gasteiger charge is 2.39. The number of amides is 1. The Balaban J connectivity index is 2.41. The zero-order chi connectivity index (χ0) is 15.1. The van der Waals surface area contributed by atoms with Crippen LogP contribution in [0.5, 0.6) is 5.75 Å². The number of nitrogens with zero attached hydrogens (tertiary/aromatic N) is 1. The summed E-state index contributed by atoms with van der Waals surface area (Å²) in [5, 5.41) is 3.78. The molecule has 1 aliphatic heterocycles. The van der Waals surface area contributed by atoms with Crippen molar-refractivity contribution < 1.29 is 26.7 Å². The molecular formula is C11H12F2N2O4S. The van der Waals surface area contributed by atoms with Crippen LogP contribution in [0.3, 0.4) is 0 Å². The Hall–Kier alpha value is -1.74. The molecule has 0 aromatic heterocycles. The van der Waals surface area contributed by atoms with Crippen LogP contribution in [0.25, 0.3) is 0 Å². The fourth-order valence-electron chi connectivity index (χ4n) is 2.03. The minimum Gasteiger partial charge on any atom is -0.497 e.